The Balaban J connectivity index is 1.57. The molecule has 3 rings (SSSR count). The highest BCUT2D eigenvalue weighted by atomic mass is 35.5. The van der Waals surface area contributed by atoms with Crippen molar-refractivity contribution in [3.8, 4) is 11.5 Å². The SMILES string of the molecule is COc1cc(OC)c(NC(=O)N2CCN(C(=O)C3CCCCC3)CC2)cc1Cl. The minimum Gasteiger partial charge on any atom is -0.495 e. The van der Waals surface area contributed by atoms with E-state index < -0.39 is 0 Å². The maximum atomic E-state index is 12.7. The number of amides is 3. The molecule has 1 saturated heterocycles. The van der Waals surface area contributed by atoms with Crippen molar-refractivity contribution >= 4 is 29.2 Å². The molecule has 1 saturated carbocycles. The second-order valence-corrected chi connectivity index (χ2v) is 7.67. The van der Waals surface area contributed by atoms with E-state index in [4.69, 9.17) is 21.1 Å². The number of benzene rings is 1. The van der Waals surface area contributed by atoms with E-state index in [-0.39, 0.29) is 17.9 Å². The second kappa shape index (κ2) is 9.37. The zero-order valence-electron chi connectivity index (χ0n) is 16.5. The van der Waals surface area contributed by atoms with E-state index >= 15 is 0 Å². The van der Waals surface area contributed by atoms with Crippen LogP contribution in [0.1, 0.15) is 32.1 Å². The number of nitrogens with one attached hydrogen (secondary N) is 1. The number of carbonyl (C=O) groups excluding carboxylic acids is 2. The van der Waals surface area contributed by atoms with E-state index in [1.807, 2.05) is 4.90 Å². The quantitative estimate of drug-likeness (QED) is 0.824. The number of halogens is 1. The van der Waals surface area contributed by atoms with Crippen LogP contribution in [0.2, 0.25) is 5.02 Å². The van der Waals surface area contributed by atoms with Gasteiger partial charge in [0, 0.05) is 38.2 Å². The van der Waals surface area contributed by atoms with Crippen LogP contribution in [-0.2, 0) is 4.79 Å². The fourth-order valence-electron chi connectivity index (χ4n) is 3.89. The summed E-state index contributed by atoms with van der Waals surface area (Å²) >= 11 is 6.17. The number of carbonyl (C=O) groups is 2. The molecule has 1 aromatic carbocycles. The molecule has 28 heavy (non-hydrogen) atoms. The van der Waals surface area contributed by atoms with Crippen LogP contribution < -0.4 is 14.8 Å². The standard InChI is InChI=1S/C20H28ClN3O4/c1-27-17-13-18(28-2)16(12-15(17)21)22-20(26)24-10-8-23(9-11-24)19(25)14-6-4-3-5-7-14/h12-14H,3-11H2,1-2H3,(H,22,26). The van der Waals surface area contributed by atoms with E-state index in [9.17, 15) is 9.59 Å². The van der Waals surface area contributed by atoms with E-state index in [1.165, 1.54) is 20.6 Å². The van der Waals surface area contributed by atoms with Crippen LogP contribution in [0.15, 0.2) is 12.1 Å². The summed E-state index contributed by atoms with van der Waals surface area (Å²) in [5.41, 5.74) is 0.485. The average Bonchev–Trinajstić information content (AvgIpc) is 2.74. The van der Waals surface area contributed by atoms with Gasteiger partial charge in [0.15, 0.2) is 0 Å². The second-order valence-electron chi connectivity index (χ2n) is 7.26. The Kier molecular flexibility index (Phi) is 6.88. The number of anilines is 1. The predicted octanol–water partition coefficient (Wildman–Crippen LogP) is 3.61. The lowest BCUT2D eigenvalue weighted by Gasteiger charge is -2.37. The van der Waals surface area contributed by atoms with Gasteiger partial charge in [0.05, 0.1) is 24.9 Å². The molecule has 154 valence electrons. The molecule has 0 aromatic heterocycles. The van der Waals surface area contributed by atoms with Crippen LogP contribution in [0.25, 0.3) is 0 Å². The Hall–Kier alpha value is -2.15. The molecule has 0 radical (unpaired) electrons. The van der Waals surface area contributed by atoms with Gasteiger partial charge in [-0.15, -0.1) is 0 Å². The number of methoxy groups -OCH3 is 2. The topological polar surface area (TPSA) is 71.1 Å². The van der Waals surface area contributed by atoms with Gasteiger partial charge in [0.1, 0.15) is 11.5 Å². The van der Waals surface area contributed by atoms with Crippen molar-refractivity contribution in [2.45, 2.75) is 32.1 Å². The molecule has 2 fully saturated rings. The molecule has 3 amide bonds. The van der Waals surface area contributed by atoms with Gasteiger partial charge in [0.25, 0.3) is 0 Å². The molecule has 7 nitrogen and oxygen atoms in total. The van der Waals surface area contributed by atoms with Crippen molar-refractivity contribution in [3.05, 3.63) is 17.2 Å². The number of urea groups is 1. The number of hydrogen-bond donors (Lipinski definition) is 1. The lowest BCUT2D eigenvalue weighted by Crippen LogP contribution is -2.53. The van der Waals surface area contributed by atoms with Gasteiger partial charge in [-0.2, -0.15) is 0 Å². The Morgan fingerprint density at radius 2 is 1.57 bits per heavy atom. The zero-order chi connectivity index (χ0) is 20.1. The van der Waals surface area contributed by atoms with Crippen LogP contribution in [0.5, 0.6) is 11.5 Å². The highest BCUT2D eigenvalue weighted by Crippen LogP contribution is 2.36. The Morgan fingerprint density at radius 1 is 0.964 bits per heavy atom. The number of ether oxygens (including phenoxy) is 2. The van der Waals surface area contributed by atoms with Gasteiger partial charge < -0.3 is 24.6 Å². The summed E-state index contributed by atoms with van der Waals surface area (Å²) in [6, 6.07) is 3.02. The summed E-state index contributed by atoms with van der Waals surface area (Å²) in [6.07, 6.45) is 5.52. The maximum Gasteiger partial charge on any atom is 0.322 e. The minimum absolute atomic E-state index is 0.167. The average molecular weight is 410 g/mol. The lowest BCUT2D eigenvalue weighted by atomic mass is 9.88. The first-order valence-electron chi connectivity index (χ1n) is 9.79. The zero-order valence-corrected chi connectivity index (χ0v) is 17.3. The molecule has 8 heteroatoms. The van der Waals surface area contributed by atoms with Gasteiger partial charge in [-0.25, -0.2) is 4.79 Å². The fourth-order valence-corrected chi connectivity index (χ4v) is 4.13. The summed E-state index contributed by atoms with van der Waals surface area (Å²) in [7, 11) is 3.04. The normalized spacial score (nSPS) is 18.0. The first kappa shape index (κ1) is 20.6. The molecular weight excluding hydrogens is 382 g/mol. The molecule has 0 spiro atoms. The van der Waals surface area contributed by atoms with Crippen molar-refractivity contribution in [3.63, 3.8) is 0 Å². The fraction of sp³-hybridized carbons (Fsp3) is 0.600. The maximum absolute atomic E-state index is 12.7. The van der Waals surface area contributed by atoms with Crippen LogP contribution in [0, 0.1) is 5.92 Å². The molecule has 2 aliphatic rings. The van der Waals surface area contributed by atoms with Crippen LogP contribution >= 0.6 is 11.6 Å². The van der Waals surface area contributed by atoms with Crippen molar-refractivity contribution in [1.82, 2.24) is 9.80 Å². The molecule has 0 unspecified atom stereocenters. The van der Waals surface area contributed by atoms with E-state index in [1.54, 1.807) is 17.0 Å². The third-order valence-corrected chi connectivity index (χ3v) is 5.84. The van der Waals surface area contributed by atoms with Crippen molar-refractivity contribution in [1.29, 1.82) is 0 Å². The van der Waals surface area contributed by atoms with Crippen LogP contribution in [0.4, 0.5) is 10.5 Å². The predicted molar refractivity (Wildman–Crippen MR) is 108 cm³/mol. The number of rotatable bonds is 4. The first-order chi connectivity index (χ1) is 13.5. The van der Waals surface area contributed by atoms with E-state index in [0.29, 0.717) is 48.4 Å². The smallest absolute Gasteiger partial charge is 0.322 e. The van der Waals surface area contributed by atoms with Crippen molar-refractivity contribution in [2.24, 2.45) is 5.92 Å². The van der Waals surface area contributed by atoms with Gasteiger partial charge in [-0.05, 0) is 18.9 Å². The third kappa shape index (κ3) is 4.63. The van der Waals surface area contributed by atoms with E-state index in [2.05, 4.69) is 5.32 Å². The number of hydrogen-bond acceptors (Lipinski definition) is 4. The summed E-state index contributed by atoms with van der Waals surface area (Å²) in [4.78, 5) is 28.9. The molecular formula is C20H28ClN3O4. The Labute approximate surface area is 170 Å². The van der Waals surface area contributed by atoms with Crippen molar-refractivity contribution in [2.75, 3.05) is 45.7 Å². The van der Waals surface area contributed by atoms with Crippen LogP contribution in [-0.4, -0.2) is 62.1 Å². The minimum atomic E-state index is -0.232. The monoisotopic (exact) mass is 409 g/mol. The van der Waals surface area contributed by atoms with Gasteiger partial charge >= 0.3 is 6.03 Å². The van der Waals surface area contributed by atoms with Gasteiger partial charge in [-0.1, -0.05) is 30.9 Å². The van der Waals surface area contributed by atoms with Gasteiger partial charge in [-0.3, -0.25) is 4.79 Å². The third-order valence-electron chi connectivity index (χ3n) is 5.55. The molecule has 1 aliphatic carbocycles. The molecule has 1 aromatic rings. The molecule has 0 atom stereocenters. The molecule has 1 N–H and O–H groups in total. The summed E-state index contributed by atoms with van der Waals surface area (Å²) < 4.78 is 10.5. The highest BCUT2D eigenvalue weighted by molar-refractivity contribution is 6.32. The largest absolute Gasteiger partial charge is 0.495 e. The van der Waals surface area contributed by atoms with Crippen LogP contribution in [0.3, 0.4) is 0 Å². The highest BCUT2D eigenvalue weighted by Gasteiger charge is 2.30. The van der Waals surface area contributed by atoms with Crippen molar-refractivity contribution < 1.29 is 19.1 Å². The lowest BCUT2D eigenvalue weighted by molar-refractivity contribution is -0.138. The Bertz CT molecular complexity index is 714. The number of piperazine rings is 1. The molecule has 1 heterocycles. The number of nitrogens with zero attached hydrogens (tertiary/aromatic N) is 2. The van der Waals surface area contributed by atoms with Gasteiger partial charge in [0.2, 0.25) is 5.91 Å². The summed E-state index contributed by atoms with van der Waals surface area (Å²) in [5, 5.41) is 3.24. The first-order valence-corrected chi connectivity index (χ1v) is 10.2. The summed E-state index contributed by atoms with van der Waals surface area (Å²) in [5.74, 6) is 1.37. The van der Waals surface area contributed by atoms with E-state index in [0.717, 1.165) is 25.7 Å². The Morgan fingerprint density at radius 3 is 2.18 bits per heavy atom. The molecule has 0 bridgehead atoms. The molecule has 1 aliphatic heterocycles. The summed E-state index contributed by atoms with van der Waals surface area (Å²) in [6.45, 7) is 2.17.